The molecule has 1 aliphatic carbocycles. The van der Waals surface area contributed by atoms with Gasteiger partial charge in [0.15, 0.2) is 0 Å². The number of halogens is 2. The van der Waals surface area contributed by atoms with Gasteiger partial charge in [-0.2, -0.15) is 0 Å². The molecule has 3 aliphatic rings. The second-order valence-electron chi connectivity index (χ2n) is 7.45. The molecular weight excluding hydrogens is 358 g/mol. The first-order valence-electron chi connectivity index (χ1n) is 8.87. The molecule has 7 nitrogen and oxygen atoms in total. The first-order chi connectivity index (χ1) is 12.8. The molecule has 4 rings (SSSR count). The Bertz CT molecular complexity index is 840. The minimum atomic E-state index is -2.55. The van der Waals surface area contributed by atoms with Crippen LogP contribution < -0.4 is 16.0 Å². The summed E-state index contributed by atoms with van der Waals surface area (Å²) in [4.78, 5) is 37.8. The smallest absolute Gasteiger partial charge is 0.322 e. The fraction of sp³-hybridized carbons (Fsp3) is 0.500. The van der Waals surface area contributed by atoms with E-state index >= 15 is 0 Å². The van der Waals surface area contributed by atoms with Crippen LogP contribution in [-0.4, -0.2) is 35.0 Å². The molecule has 1 atom stereocenters. The lowest BCUT2D eigenvalue weighted by Gasteiger charge is -2.27. The molecule has 0 bridgehead atoms. The number of benzene rings is 1. The summed E-state index contributed by atoms with van der Waals surface area (Å²) in [5.41, 5.74) is 0.933. The highest BCUT2D eigenvalue weighted by Gasteiger charge is 2.56. The number of urea groups is 2. The zero-order valence-corrected chi connectivity index (χ0v) is 14.8. The molecule has 144 valence electrons. The third-order valence-electron chi connectivity index (χ3n) is 5.59. The van der Waals surface area contributed by atoms with E-state index in [4.69, 9.17) is 0 Å². The fourth-order valence-electron chi connectivity index (χ4n) is 3.94. The first-order valence-corrected chi connectivity index (χ1v) is 8.87. The van der Waals surface area contributed by atoms with E-state index in [1.807, 2.05) is 0 Å². The van der Waals surface area contributed by atoms with Crippen molar-refractivity contribution >= 4 is 18.0 Å². The Balaban J connectivity index is 1.44. The van der Waals surface area contributed by atoms with E-state index in [9.17, 15) is 23.2 Å². The SMILES string of the molecule is Cc1cc2c(cc1C(F)F)CN(C(=O)NC[C@@]1(C3CC3)NC(=O)NC1=O)C2. The third kappa shape index (κ3) is 3.00. The molecule has 1 saturated heterocycles. The highest BCUT2D eigenvalue weighted by molar-refractivity contribution is 6.07. The lowest BCUT2D eigenvalue weighted by molar-refractivity contribution is -0.124. The molecule has 3 N–H and O–H groups in total. The molecular formula is C18H20F2N4O3. The lowest BCUT2D eigenvalue weighted by Crippen LogP contribution is -2.58. The zero-order chi connectivity index (χ0) is 19.3. The minimum absolute atomic E-state index is 0.00221. The number of hydrogen-bond acceptors (Lipinski definition) is 3. The Morgan fingerprint density at radius 1 is 1.30 bits per heavy atom. The van der Waals surface area contributed by atoms with Gasteiger partial charge in [-0.15, -0.1) is 0 Å². The average Bonchev–Trinajstić information content (AvgIpc) is 3.30. The zero-order valence-electron chi connectivity index (χ0n) is 14.8. The molecule has 5 amide bonds. The van der Waals surface area contributed by atoms with Gasteiger partial charge in [-0.25, -0.2) is 18.4 Å². The van der Waals surface area contributed by atoms with Gasteiger partial charge in [-0.1, -0.05) is 6.07 Å². The van der Waals surface area contributed by atoms with Crippen LogP contribution in [0.25, 0.3) is 0 Å². The maximum Gasteiger partial charge on any atom is 0.322 e. The lowest BCUT2D eigenvalue weighted by atomic mass is 9.93. The van der Waals surface area contributed by atoms with Crippen LogP contribution in [0.3, 0.4) is 0 Å². The maximum absolute atomic E-state index is 13.1. The van der Waals surface area contributed by atoms with Gasteiger partial charge < -0.3 is 15.5 Å². The van der Waals surface area contributed by atoms with Crippen LogP contribution >= 0.6 is 0 Å². The van der Waals surface area contributed by atoms with E-state index < -0.39 is 29.9 Å². The van der Waals surface area contributed by atoms with Crippen LogP contribution in [0.5, 0.6) is 0 Å². The summed E-state index contributed by atoms with van der Waals surface area (Å²) in [7, 11) is 0. The number of aryl methyl sites for hydroxylation is 1. The van der Waals surface area contributed by atoms with E-state index in [0.29, 0.717) is 17.7 Å². The number of imide groups is 1. The number of carbonyl (C=O) groups excluding carboxylic acids is 3. The van der Waals surface area contributed by atoms with Gasteiger partial charge in [0.2, 0.25) is 0 Å². The number of fused-ring (bicyclic) bond motifs is 1. The van der Waals surface area contributed by atoms with Gasteiger partial charge in [0.05, 0.1) is 6.54 Å². The van der Waals surface area contributed by atoms with E-state index in [2.05, 4.69) is 16.0 Å². The number of carbonyl (C=O) groups is 3. The van der Waals surface area contributed by atoms with Crippen molar-refractivity contribution in [3.8, 4) is 0 Å². The normalized spacial score (nSPS) is 24.1. The topological polar surface area (TPSA) is 90.5 Å². The van der Waals surface area contributed by atoms with E-state index in [0.717, 1.165) is 18.4 Å². The Labute approximate surface area is 154 Å². The predicted molar refractivity (Wildman–Crippen MR) is 90.9 cm³/mol. The second-order valence-corrected chi connectivity index (χ2v) is 7.45. The summed E-state index contributed by atoms with van der Waals surface area (Å²) in [6.07, 6.45) is -0.927. The average molecular weight is 378 g/mol. The summed E-state index contributed by atoms with van der Waals surface area (Å²) < 4.78 is 26.1. The van der Waals surface area contributed by atoms with Crippen molar-refractivity contribution in [2.75, 3.05) is 6.54 Å². The van der Waals surface area contributed by atoms with Gasteiger partial charge in [0.1, 0.15) is 5.54 Å². The van der Waals surface area contributed by atoms with Crippen LogP contribution in [0.4, 0.5) is 18.4 Å². The van der Waals surface area contributed by atoms with Crippen molar-refractivity contribution < 1.29 is 23.2 Å². The number of alkyl halides is 2. The van der Waals surface area contributed by atoms with Crippen molar-refractivity contribution in [3.63, 3.8) is 0 Å². The number of nitrogens with zero attached hydrogens (tertiary/aromatic N) is 1. The van der Waals surface area contributed by atoms with Gasteiger partial charge >= 0.3 is 12.1 Å². The minimum Gasteiger partial charge on any atom is -0.335 e. The van der Waals surface area contributed by atoms with E-state index in [1.54, 1.807) is 13.0 Å². The summed E-state index contributed by atoms with van der Waals surface area (Å²) in [5, 5.41) is 7.62. The van der Waals surface area contributed by atoms with Crippen LogP contribution in [0.1, 0.15) is 41.5 Å². The van der Waals surface area contributed by atoms with Crippen molar-refractivity contribution in [1.82, 2.24) is 20.9 Å². The molecule has 1 aromatic rings. The summed E-state index contributed by atoms with van der Waals surface area (Å²) >= 11 is 0. The Kier molecular flexibility index (Phi) is 4.05. The van der Waals surface area contributed by atoms with Crippen LogP contribution in [-0.2, 0) is 17.9 Å². The molecule has 0 aromatic heterocycles. The highest BCUT2D eigenvalue weighted by atomic mass is 19.3. The van der Waals surface area contributed by atoms with Gasteiger partial charge in [0, 0.05) is 18.7 Å². The molecule has 2 heterocycles. The van der Waals surface area contributed by atoms with E-state index in [-0.39, 0.29) is 24.6 Å². The molecule has 9 heteroatoms. The molecule has 2 aliphatic heterocycles. The Morgan fingerprint density at radius 2 is 1.96 bits per heavy atom. The van der Waals surface area contributed by atoms with Crippen LogP contribution in [0.15, 0.2) is 12.1 Å². The largest absolute Gasteiger partial charge is 0.335 e. The molecule has 0 spiro atoms. The fourth-order valence-corrected chi connectivity index (χ4v) is 3.94. The number of nitrogens with one attached hydrogen (secondary N) is 3. The number of hydrogen-bond donors (Lipinski definition) is 3. The van der Waals surface area contributed by atoms with Crippen molar-refractivity contribution in [2.45, 2.75) is 44.8 Å². The Hall–Kier alpha value is -2.71. The molecule has 2 fully saturated rings. The third-order valence-corrected chi connectivity index (χ3v) is 5.59. The summed E-state index contributed by atoms with van der Waals surface area (Å²) in [6.45, 7) is 2.18. The first kappa shape index (κ1) is 17.7. The molecule has 0 radical (unpaired) electrons. The summed E-state index contributed by atoms with van der Waals surface area (Å²) in [5.74, 6) is -0.409. The molecule has 27 heavy (non-hydrogen) atoms. The summed E-state index contributed by atoms with van der Waals surface area (Å²) in [6, 6.07) is 2.21. The van der Waals surface area contributed by atoms with Crippen LogP contribution in [0.2, 0.25) is 0 Å². The standard InChI is InChI=1S/C18H20F2N4O3/c1-9-4-10-6-24(7-11(10)5-13(9)14(19)20)17(27)21-8-18(12-2-3-12)15(25)22-16(26)23-18/h4-5,12,14H,2-3,6-8H2,1H3,(H,21,27)(H2,22,23,25,26)/t18-/m0/s1. The van der Waals surface area contributed by atoms with Gasteiger partial charge in [-0.3, -0.25) is 10.1 Å². The van der Waals surface area contributed by atoms with Crippen LogP contribution in [0, 0.1) is 12.8 Å². The van der Waals surface area contributed by atoms with Gasteiger partial charge in [0.25, 0.3) is 12.3 Å². The quantitative estimate of drug-likeness (QED) is 0.700. The number of amides is 5. The van der Waals surface area contributed by atoms with Crippen molar-refractivity contribution in [1.29, 1.82) is 0 Å². The van der Waals surface area contributed by atoms with Crippen molar-refractivity contribution in [3.05, 3.63) is 34.4 Å². The predicted octanol–water partition coefficient (Wildman–Crippen LogP) is 1.95. The van der Waals surface area contributed by atoms with Crippen molar-refractivity contribution in [2.24, 2.45) is 5.92 Å². The van der Waals surface area contributed by atoms with Gasteiger partial charge in [-0.05, 0) is 48.4 Å². The second kappa shape index (κ2) is 6.17. The molecule has 1 saturated carbocycles. The van der Waals surface area contributed by atoms with E-state index in [1.165, 1.54) is 11.0 Å². The highest BCUT2D eigenvalue weighted by Crippen LogP contribution is 2.41. The maximum atomic E-state index is 13.1. The molecule has 0 unspecified atom stereocenters. The Morgan fingerprint density at radius 3 is 2.52 bits per heavy atom. The molecule has 1 aromatic carbocycles. The monoisotopic (exact) mass is 378 g/mol. The number of rotatable bonds is 4.